The van der Waals surface area contributed by atoms with Gasteiger partial charge in [0.2, 0.25) is 15.9 Å². The zero-order valence-corrected chi connectivity index (χ0v) is 22.7. The Kier molecular flexibility index (Phi) is 7.63. The molecule has 0 bridgehead atoms. The van der Waals surface area contributed by atoms with E-state index < -0.39 is 21.9 Å². The number of imidazole rings is 1. The monoisotopic (exact) mass is 546 g/mol. The molecule has 2 atom stereocenters. The number of aromatic nitrogens is 2. The molecule has 1 heterocycles. The van der Waals surface area contributed by atoms with Gasteiger partial charge in [0, 0.05) is 37.6 Å². The molecular weight excluding hydrogens is 515 g/mol. The van der Waals surface area contributed by atoms with Crippen LogP contribution in [0.4, 0.5) is 10.1 Å². The number of hydrogen-bond donors (Lipinski definition) is 1. The van der Waals surface area contributed by atoms with Gasteiger partial charge in [0.1, 0.15) is 11.6 Å². The average Bonchev–Trinajstić information content (AvgIpc) is 3.52. The van der Waals surface area contributed by atoms with E-state index in [1.807, 2.05) is 73.3 Å². The molecule has 7 nitrogen and oxygen atoms in total. The number of benzene rings is 3. The highest BCUT2D eigenvalue weighted by Crippen LogP contribution is 2.36. The molecule has 4 aromatic rings. The van der Waals surface area contributed by atoms with Gasteiger partial charge in [-0.3, -0.25) is 4.79 Å². The molecule has 0 aliphatic heterocycles. The molecule has 1 aromatic heterocycles. The van der Waals surface area contributed by atoms with Crippen molar-refractivity contribution in [3.8, 4) is 0 Å². The van der Waals surface area contributed by atoms with E-state index in [4.69, 9.17) is 0 Å². The third-order valence-corrected chi connectivity index (χ3v) is 8.76. The van der Waals surface area contributed by atoms with Crippen LogP contribution in [-0.4, -0.2) is 23.9 Å². The second-order valence-electron chi connectivity index (χ2n) is 10.0. The molecule has 39 heavy (non-hydrogen) atoms. The average molecular weight is 547 g/mol. The molecular formula is C30H31FN4O3S. The zero-order chi connectivity index (χ0) is 27.6. The molecule has 0 spiro atoms. The molecule has 5 rings (SSSR count). The van der Waals surface area contributed by atoms with Crippen LogP contribution in [-0.2, 0) is 34.8 Å². The van der Waals surface area contributed by atoms with Crippen molar-refractivity contribution in [1.82, 2.24) is 14.3 Å². The van der Waals surface area contributed by atoms with Crippen molar-refractivity contribution in [3.63, 3.8) is 0 Å². The van der Waals surface area contributed by atoms with Crippen molar-refractivity contribution in [2.75, 3.05) is 4.90 Å². The van der Waals surface area contributed by atoms with Crippen molar-refractivity contribution < 1.29 is 17.6 Å². The third kappa shape index (κ3) is 5.94. The summed E-state index contributed by atoms with van der Waals surface area (Å²) >= 11 is 0. The van der Waals surface area contributed by atoms with Crippen molar-refractivity contribution in [2.24, 2.45) is 7.05 Å². The Morgan fingerprint density at radius 3 is 2.64 bits per heavy atom. The summed E-state index contributed by atoms with van der Waals surface area (Å²) in [6.07, 6.45) is 5.12. The minimum atomic E-state index is -3.94. The number of aryl methyl sites for hydroxylation is 2. The Labute approximate surface area is 228 Å². The molecule has 1 amide bonds. The van der Waals surface area contributed by atoms with Gasteiger partial charge >= 0.3 is 0 Å². The first kappa shape index (κ1) is 26.8. The fourth-order valence-electron chi connectivity index (χ4n) is 5.05. The van der Waals surface area contributed by atoms with Crippen LogP contribution in [0.25, 0.3) is 0 Å². The van der Waals surface area contributed by atoms with E-state index in [1.165, 1.54) is 18.2 Å². The number of nitrogens with zero attached hydrogens (tertiary/aromatic N) is 3. The molecule has 0 saturated heterocycles. The van der Waals surface area contributed by atoms with Gasteiger partial charge in [-0.25, -0.2) is 22.5 Å². The van der Waals surface area contributed by atoms with E-state index in [2.05, 4.69) is 9.71 Å². The smallest absolute Gasteiger partial charge is 0.241 e. The number of fused-ring (bicyclic) bond motifs is 1. The predicted molar refractivity (Wildman–Crippen MR) is 148 cm³/mol. The molecule has 9 heteroatoms. The van der Waals surface area contributed by atoms with Gasteiger partial charge in [0.15, 0.2) is 0 Å². The topological polar surface area (TPSA) is 84.3 Å². The normalized spacial score (nSPS) is 15.6. The molecule has 0 saturated carbocycles. The lowest BCUT2D eigenvalue weighted by Crippen LogP contribution is -2.32. The Morgan fingerprint density at radius 1 is 1.13 bits per heavy atom. The van der Waals surface area contributed by atoms with Crippen LogP contribution < -0.4 is 9.62 Å². The molecule has 3 aromatic carbocycles. The first-order valence-corrected chi connectivity index (χ1v) is 14.4. The first-order valence-electron chi connectivity index (χ1n) is 12.9. The second-order valence-corrected chi connectivity index (χ2v) is 11.7. The van der Waals surface area contributed by atoms with E-state index in [9.17, 15) is 17.6 Å². The maximum atomic E-state index is 13.7. The Hall–Kier alpha value is -3.82. The van der Waals surface area contributed by atoms with Gasteiger partial charge in [0.25, 0.3) is 0 Å². The zero-order valence-electron chi connectivity index (χ0n) is 21.9. The van der Waals surface area contributed by atoms with Crippen LogP contribution in [0.5, 0.6) is 0 Å². The number of amides is 1. The summed E-state index contributed by atoms with van der Waals surface area (Å²) in [5.74, 6) is 0.0896. The van der Waals surface area contributed by atoms with Gasteiger partial charge in [-0.15, -0.1) is 0 Å². The van der Waals surface area contributed by atoms with Crippen molar-refractivity contribution in [2.45, 2.75) is 49.6 Å². The number of hydrogen-bond acceptors (Lipinski definition) is 4. The largest absolute Gasteiger partial charge is 0.337 e. The summed E-state index contributed by atoms with van der Waals surface area (Å²) in [7, 11) is -2.05. The van der Waals surface area contributed by atoms with Gasteiger partial charge in [0.05, 0.1) is 11.4 Å². The third-order valence-electron chi connectivity index (χ3n) is 7.29. The Morgan fingerprint density at radius 2 is 1.92 bits per heavy atom. The van der Waals surface area contributed by atoms with Crippen molar-refractivity contribution in [3.05, 3.63) is 114 Å². The Bertz CT molecular complexity index is 1590. The molecule has 1 N–H and O–H groups in total. The summed E-state index contributed by atoms with van der Waals surface area (Å²) in [4.78, 5) is 19.8. The fraction of sp³-hybridized carbons (Fsp3) is 0.267. The highest BCUT2D eigenvalue weighted by molar-refractivity contribution is 7.89. The van der Waals surface area contributed by atoms with Crippen LogP contribution in [0, 0.1) is 5.82 Å². The lowest BCUT2D eigenvalue weighted by atomic mass is 9.97. The maximum Gasteiger partial charge on any atom is 0.241 e. The SMILES string of the molecule is C[C@@H](CC(=O)N(Cc1nccn1C)c1ccc2c(c1)[C@@H](NS(=O)(=O)c1cccc(F)c1)CC2)c1ccccc1. The highest BCUT2D eigenvalue weighted by atomic mass is 32.2. The van der Waals surface area contributed by atoms with Gasteiger partial charge in [-0.2, -0.15) is 0 Å². The molecule has 202 valence electrons. The van der Waals surface area contributed by atoms with E-state index in [1.54, 1.807) is 11.1 Å². The number of anilines is 1. The number of carbonyl (C=O) groups excluding carboxylic acids is 1. The fourth-order valence-corrected chi connectivity index (χ4v) is 6.34. The van der Waals surface area contributed by atoms with Gasteiger partial charge in [-0.05, 0) is 65.8 Å². The van der Waals surface area contributed by atoms with Gasteiger partial charge in [-0.1, -0.05) is 49.4 Å². The molecule has 0 fully saturated rings. The van der Waals surface area contributed by atoms with Crippen molar-refractivity contribution in [1.29, 1.82) is 0 Å². The van der Waals surface area contributed by atoms with Crippen LogP contribution >= 0.6 is 0 Å². The first-order chi connectivity index (χ1) is 18.7. The van der Waals surface area contributed by atoms with Gasteiger partial charge < -0.3 is 9.47 Å². The Balaban J connectivity index is 1.44. The number of carbonyl (C=O) groups is 1. The van der Waals surface area contributed by atoms with E-state index in [0.29, 0.717) is 24.9 Å². The van der Waals surface area contributed by atoms with E-state index in [0.717, 1.165) is 28.6 Å². The summed E-state index contributed by atoms with van der Waals surface area (Å²) in [5.41, 5.74) is 3.61. The number of halogens is 1. The molecule has 1 aliphatic carbocycles. The quantitative estimate of drug-likeness (QED) is 0.311. The number of rotatable bonds is 9. The highest BCUT2D eigenvalue weighted by Gasteiger charge is 2.30. The van der Waals surface area contributed by atoms with Crippen LogP contribution in [0.2, 0.25) is 0 Å². The molecule has 0 unspecified atom stereocenters. The van der Waals surface area contributed by atoms with Crippen molar-refractivity contribution >= 4 is 21.6 Å². The lowest BCUT2D eigenvalue weighted by molar-refractivity contribution is -0.119. The lowest BCUT2D eigenvalue weighted by Gasteiger charge is -2.26. The van der Waals surface area contributed by atoms with Crippen LogP contribution in [0.3, 0.4) is 0 Å². The predicted octanol–water partition coefficient (Wildman–Crippen LogP) is 5.25. The molecule has 0 radical (unpaired) electrons. The van der Waals surface area contributed by atoms with E-state index >= 15 is 0 Å². The summed E-state index contributed by atoms with van der Waals surface area (Å²) in [6.45, 7) is 2.31. The minimum absolute atomic E-state index is 0.0165. The summed E-state index contributed by atoms with van der Waals surface area (Å²) in [5, 5.41) is 0. The maximum absolute atomic E-state index is 13.7. The van der Waals surface area contributed by atoms with E-state index in [-0.39, 0.29) is 23.3 Å². The summed E-state index contributed by atoms with van der Waals surface area (Å²) < 4.78 is 44.4. The number of sulfonamides is 1. The second kappa shape index (κ2) is 11.1. The molecule has 1 aliphatic rings. The number of nitrogens with one attached hydrogen (secondary N) is 1. The standard InChI is InChI=1S/C30H31FN4O3S/c1-21(22-7-4-3-5-8-22)17-30(36)35(20-29-32-15-16-34(29)2)25-13-11-23-12-14-28(27(23)19-25)33-39(37,38)26-10-6-9-24(31)18-26/h3-11,13,15-16,18-19,21,28,33H,12,14,17,20H2,1-2H3/t21-,28-/m0/s1. The van der Waals surface area contributed by atoms with Crippen LogP contribution in [0.1, 0.15) is 54.2 Å². The minimum Gasteiger partial charge on any atom is -0.337 e. The summed E-state index contributed by atoms with van der Waals surface area (Å²) in [6, 6.07) is 20.2. The van der Waals surface area contributed by atoms with Crippen LogP contribution in [0.15, 0.2) is 90.1 Å².